The molecule has 0 radical (unpaired) electrons. The molecule has 1 aromatic carbocycles. The Morgan fingerprint density at radius 2 is 2.03 bits per heavy atom. The van der Waals surface area contributed by atoms with Crippen LogP contribution in [0.15, 0.2) is 59.6 Å². The maximum Gasteiger partial charge on any atom is 0.387 e. The zero-order valence-corrected chi connectivity index (χ0v) is 17.6. The van der Waals surface area contributed by atoms with Crippen molar-refractivity contribution in [1.82, 2.24) is 19.3 Å². The maximum atomic E-state index is 13.0. The van der Waals surface area contributed by atoms with Crippen LogP contribution in [0.25, 0.3) is 16.9 Å². The summed E-state index contributed by atoms with van der Waals surface area (Å²) >= 11 is 5.61. The predicted molar refractivity (Wildman–Crippen MR) is 115 cm³/mol. The molecule has 0 unspecified atom stereocenters. The number of amides is 1. The summed E-state index contributed by atoms with van der Waals surface area (Å²) in [6, 6.07) is 6.26. The number of rotatable bonds is 8. The number of alkyl halides is 3. The normalized spacial score (nSPS) is 12.1. The van der Waals surface area contributed by atoms with Crippen LogP contribution in [0, 0.1) is 0 Å². The fourth-order valence-electron chi connectivity index (χ4n) is 2.92. The number of ether oxygens (including phenoxy) is 1. The van der Waals surface area contributed by atoms with Crippen molar-refractivity contribution in [2.24, 2.45) is 4.99 Å². The van der Waals surface area contributed by atoms with Crippen molar-refractivity contribution >= 4 is 29.4 Å². The third-order valence-electron chi connectivity index (χ3n) is 4.39. The molecule has 0 saturated heterocycles. The molecule has 0 saturated carbocycles. The van der Waals surface area contributed by atoms with Crippen molar-refractivity contribution in [3.63, 3.8) is 0 Å². The first-order valence-electron chi connectivity index (χ1n) is 9.37. The molecule has 0 atom stereocenters. The van der Waals surface area contributed by atoms with Gasteiger partial charge in [0.15, 0.2) is 5.65 Å². The lowest BCUT2D eigenvalue weighted by atomic mass is 10.1. The monoisotopic (exact) mass is 447 g/mol. The average molecular weight is 448 g/mol. The molecule has 3 aromatic rings. The Bertz CT molecular complexity index is 1110. The predicted octanol–water partition coefficient (Wildman–Crippen LogP) is 4.63. The molecule has 162 valence electrons. The van der Waals surface area contributed by atoms with Gasteiger partial charge in [0, 0.05) is 25.0 Å². The van der Waals surface area contributed by atoms with Crippen LogP contribution < -0.4 is 4.74 Å². The van der Waals surface area contributed by atoms with E-state index in [1.54, 1.807) is 42.2 Å². The number of fused-ring (bicyclic) bond motifs is 1. The maximum absolute atomic E-state index is 13.0. The van der Waals surface area contributed by atoms with Crippen molar-refractivity contribution in [2.75, 3.05) is 13.1 Å². The number of benzene rings is 1. The van der Waals surface area contributed by atoms with Crippen molar-refractivity contribution in [1.29, 1.82) is 0 Å². The summed E-state index contributed by atoms with van der Waals surface area (Å²) in [5.41, 5.74) is 2.73. The fraction of sp³-hybridized carbons (Fsp3) is 0.238. The number of carbonyl (C=O) groups is 1. The van der Waals surface area contributed by atoms with Crippen LogP contribution in [0.5, 0.6) is 5.75 Å². The van der Waals surface area contributed by atoms with Crippen LogP contribution in [0.1, 0.15) is 23.8 Å². The highest BCUT2D eigenvalue weighted by Crippen LogP contribution is 2.24. The summed E-state index contributed by atoms with van der Waals surface area (Å²) in [5.74, 6) is -0.275. The van der Waals surface area contributed by atoms with Crippen molar-refractivity contribution in [3.8, 4) is 17.0 Å². The summed E-state index contributed by atoms with van der Waals surface area (Å²) < 4.78 is 30.8. The first-order valence-corrected chi connectivity index (χ1v) is 9.90. The molecule has 1 amide bonds. The minimum absolute atomic E-state index is 0.0561. The van der Waals surface area contributed by atoms with E-state index in [2.05, 4.69) is 19.7 Å². The summed E-state index contributed by atoms with van der Waals surface area (Å²) in [6.45, 7) is -0.938. The molecule has 0 N–H and O–H groups in total. The van der Waals surface area contributed by atoms with Crippen LogP contribution in [0.2, 0.25) is 0 Å². The van der Waals surface area contributed by atoms with Gasteiger partial charge in [0.2, 0.25) is 0 Å². The van der Waals surface area contributed by atoms with Gasteiger partial charge < -0.3 is 9.64 Å². The van der Waals surface area contributed by atoms with E-state index < -0.39 is 6.61 Å². The SMILES string of the molecule is CCC=C(C=NCCl)N(C)C(=O)c1cn2c(-c3ccc(OC(F)F)cc3)cnc2cn1. The Balaban J connectivity index is 1.93. The molecule has 0 spiro atoms. The van der Waals surface area contributed by atoms with Gasteiger partial charge >= 0.3 is 6.61 Å². The van der Waals surface area contributed by atoms with Gasteiger partial charge in [-0.15, -0.1) is 11.6 Å². The lowest BCUT2D eigenvalue weighted by Crippen LogP contribution is -2.28. The Morgan fingerprint density at radius 1 is 1.29 bits per heavy atom. The third kappa shape index (κ3) is 5.24. The quantitative estimate of drug-likeness (QED) is 0.287. The van der Waals surface area contributed by atoms with E-state index in [1.807, 2.05) is 13.0 Å². The summed E-state index contributed by atoms with van der Waals surface area (Å²) in [4.78, 5) is 27.0. The first kappa shape index (κ1) is 22.4. The highest BCUT2D eigenvalue weighted by molar-refractivity contribution is 6.18. The molecule has 0 aliphatic heterocycles. The number of hydrogen-bond donors (Lipinski definition) is 0. The Kier molecular flexibility index (Phi) is 7.30. The zero-order chi connectivity index (χ0) is 22.4. The molecule has 7 nitrogen and oxygen atoms in total. The van der Waals surface area contributed by atoms with Gasteiger partial charge in [0.25, 0.3) is 5.91 Å². The molecule has 2 heterocycles. The minimum atomic E-state index is -2.89. The van der Waals surface area contributed by atoms with Gasteiger partial charge in [-0.05, 0) is 30.7 Å². The smallest absolute Gasteiger partial charge is 0.387 e. The fourth-order valence-corrected chi connectivity index (χ4v) is 2.99. The Hall–Kier alpha value is -3.33. The number of halogens is 3. The van der Waals surface area contributed by atoms with E-state index >= 15 is 0 Å². The second-order valence-electron chi connectivity index (χ2n) is 6.38. The average Bonchev–Trinajstić information content (AvgIpc) is 3.19. The standard InChI is InChI=1S/C21H20ClF2N5O2/c1-3-4-15(9-25-13-22)28(2)20(30)17-12-29-18(10-27-19(29)11-26-17)14-5-7-16(8-6-14)31-21(23)24/h4-12,21H,3,13H2,1-2H3. The number of aromatic nitrogens is 3. The highest BCUT2D eigenvalue weighted by Gasteiger charge is 2.18. The van der Waals surface area contributed by atoms with E-state index in [1.165, 1.54) is 23.2 Å². The topological polar surface area (TPSA) is 72.1 Å². The van der Waals surface area contributed by atoms with Crippen LogP contribution in [-0.4, -0.2) is 51.1 Å². The van der Waals surface area contributed by atoms with E-state index in [9.17, 15) is 13.6 Å². The minimum Gasteiger partial charge on any atom is -0.435 e. The van der Waals surface area contributed by atoms with Gasteiger partial charge in [0.1, 0.15) is 17.4 Å². The number of imidazole rings is 1. The van der Waals surface area contributed by atoms with Gasteiger partial charge in [-0.1, -0.05) is 13.0 Å². The van der Waals surface area contributed by atoms with Gasteiger partial charge in [-0.2, -0.15) is 8.78 Å². The van der Waals surface area contributed by atoms with Gasteiger partial charge in [0.05, 0.1) is 23.8 Å². The van der Waals surface area contributed by atoms with Crippen LogP contribution in [0.4, 0.5) is 8.78 Å². The summed E-state index contributed by atoms with van der Waals surface area (Å²) in [6.07, 6.45) is 8.81. The van der Waals surface area contributed by atoms with E-state index in [0.29, 0.717) is 29.0 Å². The van der Waals surface area contributed by atoms with E-state index in [-0.39, 0.29) is 23.4 Å². The molecule has 10 heteroatoms. The van der Waals surface area contributed by atoms with Crippen LogP contribution in [0.3, 0.4) is 0 Å². The highest BCUT2D eigenvalue weighted by atomic mass is 35.5. The molecular formula is C21H20ClF2N5O2. The summed E-state index contributed by atoms with van der Waals surface area (Å²) in [7, 11) is 1.63. The largest absolute Gasteiger partial charge is 0.435 e. The van der Waals surface area contributed by atoms with Crippen LogP contribution in [-0.2, 0) is 0 Å². The molecule has 0 bridgehead atoms. The molecule has 31 heavy (non-hydrogen) atoms. The van der Waals surface area contributed by atoms with Gasteiger partial charge in [-0.25, -0.2) is 9.97 Å². The third-order valence-corrected chi connectivity index (χ3v) is 4.53. The second kappa shape index (κ2) is 10.1. The van der Waals surface area contributed by atoms with Gasteiger partial charge in [-0.3, -0.25) is 14.2 Å². The lowest BCUT2D eigenvalue weighted by Gasteiger charge is -2.17. The second-order valence-corrected chi connectivity index (χ2v) is 6.62. The Labute approximate surface area is 182 Å². The number of hydrogen-bond acceptors (Lipinski definition) is 5. The molecule has 3 rings (SSSR count). The number of nitrogens with zero attached hydrogens (tertiary/aromatic N) is 5. The molecule has 0 aliphatic carbocycles. The summed E-state index contributed by atoms with van der Waals surface area (Å²) in [5, 5.41) is 0. The van der Waals surface area contributed by atoms with Crippen molar-refractivity contribution in [2.45, 2.75) is 20.0 Å². The number of allylic oxidation sites excluding steroid dienone is 2. The van der Waals surface area contributed by atoms with Crippen LogP contribution >= 0.6 is 11.6 Å². The number of carbonyl (C=O) groups excluding carboxylic acids is 1. The van der Waals surface area contributed by atoms with Crippen molar-refractivity contribution < 1.29 is 18.3 Å². The molecule has 2 aromatic heterocycles. The number of aliphatic imine (C=N–C) groups is 1. The Morgan fingerprint density at radius 3 is 2.68 bits per heavy atom. The molecular weight excluding hydrogens is 428 g/mol. The molecule has 0 aliphatic rings. The lowest BCUT2D eigenvalue weighted by molar-refractivity contribution is -0.0498. The molecule has 0 fully saturated rings. The van der Waals surface area contributed by atoms with E-state index in [4.69, 9.17) is 11.6 Å². The van der Waals surface area contributed by atoms with E-state index in [0.717, 1.165) is 0 Å². The zero-order valence-electron chi connectivity index (χ0n) is 16.9. The first-order chi connectivity index (χ1) is 14.9. The van der Waals surface area contributed by atoms with Crippen molar-refractivity contribution in [3.05, 3.63) is 60.3 Å².